The maximum Gasteiger partial charge on any atom is 0.252 e. The van der Waals surface area contributed by atoms with Crippen molar-refractivity contribution in [3.05, 3.63) is 59.5 Å². The van der Waals surface area contributed by atoms with Gasteiger partial charge >= 0.3 is 0 Å². The van der Waals surface area contributed by atoms with E-state index in [1.54, 1.807) is 24.5 Å². The van der Waals surface area contributed by atoms with Gasteiger partial charge in [0.2, 0.25) is 5.91 Å². The predicted molar refractivity (Wildman–Crippen MR) is 92.4 cm³/mol. The molecule has 0 aliphatic carbocycles. The molecule has 2 amide bonds. The standard InChI is InChI=1S/C19H24N2O3/c1-13(2)11-17(19(23)20-12-15-8-6-10-24-15)21-18(22)16-9-5-4-7-14(16)3/h4-10,13,17H,11-12H2,1-3H3,(H,20,23)(H,21,22)/t17-/m1/s1. The van der Waals surface area contributed by atoms with Crippen molar-refractivity contribution in [2.75, 3.05) is 0 Å². The van der Waals surface area contributed by atoms with Crippen molar-refractivity contribution in [2.45, 2.75) is 39.8 Å². The van der Waals surface area contributed by atoms with Crippen LogP contribution in [0.5, 0.6) is 0 Å². The molecule has 0 aliphatic heterocycles. The fourth-order valence-corrected chi connectivity index (χ4v) is 2.48. The van der Waals surface area contributed by atoms with Crippen LogP contribution in [0.25, 0.3) is 0 Å². The first-order valence-corrected chi connectivity index (χ1v) is 8.14. The van der Waals surface area contributed by atoms with Crippen LogP contribution < -0.4 is 10.6 Å². The number of hydrogen-bond acceptors (Lipinski definition) is 3. The molecule has 0 fully saturated rings. The quantitative estimate of drug-likeness (QED) is 0.820. The van der Waals surface area contributed by atoms with Crippen LogP contribution in [0.4, 0.5) is 0 Å². The number of hydrogen-bond donors (Lipinski definition) is 2. The Balaban J connectivity index is 2.03. The average Bonchev–Trinajstić information content (AvgIpc) is 3.05. The maximum absolute atomic E-state index is 12.5. The summed E-state index contributed by atoms with van der Waals surface area (Å²) >= 11 is 0. The number of benzene rings is 1. The zero-order valence-corrected chi connectivity index (χ0v) is 14.3. The molecule has 0 unspecified atom stereocenters. The van der Waals surface area contributed by atoms with Crippen molar-refractivity contribution >= 4 is 11.8 Å². The molecule has 2 rings (SSSR count). The Hall–Kier alpha value is -2.56. The summed E-state index contributed by atoms with van der Waals surface area (Å²) in [7, 11) is 0. The molecule has 0 aliphatic rings. The van der Waals surface area contributed by atoms with Crippen molar-refractivity contribution in [2.24, 2.45) is 5.92 Å². The molecular formula is C19H24N2O3. The zero-order chi connectivity index (χ0) is 17.5. The molecule has 5 nitrogen and oxygen atoms in total. The highest BCUT2D eigenvalue weighted by Crippen LogP contribution is 2.10. The molecule has 0 radical (unpaired) electrons. The lowest BCUT2D eigenvalue weighted by Crippen LogP contribution is -2.47. The second-order valence-electron chi connectivity index (χ2n) is 6.27. The van der Waals surface area contributed by atoms with Crippen LogP contribution in [0.15, 0.2) is 47.1 Å². The van der Waals surface area contributed by atoms with Crippen LogP contribution in [-0.2, 0) is 11.3 Å². The Morgan fingerprint density at radius 2 is 1.88 bits per heavy atom. The van der Waals surface area contributed by atoms with Crippen molar-refractivity contribution in [1.29, 1.82) is 0 Å². The Kier molecular flexibility index (Phi) is 6.18. The molecule has 128 valence electrons. The molecule has 2 N–H and O–H groups in total. The van der Waals surface area contributed by atoms with Crippen LogP contribution in [0, 0.1) is 12.8 Å². The topological polar surface area (TPSA) is 71.3 Å². The number of amides is 2. The molecule has 24 heavy (non-hydrogen) atoms. The third-order valence-corrected chi connectivity index (χ3v) is 3.74. The Bertz CT molecular complexity index is 678. The van der Waals surface area contributed by atoms with Crippen LogP contribution in [0.2, 0.25) is 0 Å². The summed E-state index contributed by atoms with van der Waals surface area (Å²) in [5, 5.41) is 5.67. The molecule has 0 saturated heterocycles. The van der Waals surface area contributed by atoms with Gasteiger partial charge in [0.25, 0.3) is 5.91 Å². The van der Waals surface area contributed by atoms with E-state index in [4.69, 9.17) is 4.42 Å². The van der Waals surface area contributed by atoms with Crippen LogP contribution in [-0.4, -0.2) is 17.9 Å². The van der Waals surface area contributed by atoms with E-state index in [9.17, 15) is 9.59 Å². The Morgan fingerprint density at radius 1 is 1.12 bits per heavy atom. The van der Waals surface area contributed by atoms with Gasteiger partial charge in [0.1, 0.15) is 11.8 Å². The summed E-state index contributed by atoms with van der Waals surface area (Å²) in [5.41, 5.74) is 1.47. The number of furan rings is 1. The van der Waals surface area contributed by atoms with E-state index in [0.717, 1.165) is 5.56 Å². The lowest BCUT2D eigenvalue weighted by Gasteiger charge is -2.20. The molecule has 0 saturated carbocycles. The molecule has 1 atom stereocenters. The molecule has 0 bridgehead atoms. The van der Waals surface area contributed by atoms with Gasteiger partial charge < -0.3 is 15.1 Å². The van der Waals surface area contributed by atoms with Gasteiger partial charge in [0, 0.05) is 5.56 Å². The lowest BCUT2D eigenvalue weighted by molar-refractivity contribution is -0.123. The molecular weight excluding hydrogens is 304 g/mol. The van der Waals surface area contributed by atoms with Crippen molar-refractivity contribution < 1.29 is 14.0 Å². The van der Waals surface area contributed by atoms with Gasteiger partial charge in [-0.15, -0.1) is 0 Å². The number of nitrogens with one attached hydrogen (secondary N) is 2. The second-order valence-corrected chi connectivity index (χ2v) is 6.27. The SMILES string of the molecule is Cc1ccccc1C(=O)N[C@H](CC(C)C)C(=O)NCc1ccco1. The smallest absolute Gasteiger partial charge is 0.252 e. The largest absolute Gasteiger partial charge is 0.467 e. The summed E-state index contributed by atoms with van der Waals surface area (Å²) in [4.78, 5) is 24.9. The van der Waals surface area contributed by atoms with Gasteiger partial charge in [-0.05, 0) is 43.0 Å². The highest BCUT2D eigenvalue weighted by atomic mass is 16.3. The first kappa shape index (κ1) is 17.8. The number of carbonyl (C=O) groups is 2. The summed E-state index contributed by atoms with van der Waals surface area (Å²) < 4.78 is 5.21. The predicted octanol–water partition coefficient (Wildman–Crippen LogP) is 3.05. The molecule has 1 aromatic heterocycles. The highest BCUT2D eigenvalue weighted by molar-refractivity contribution is 5.98. The van der Waals surface area contributed by atoms with E-state index >= 15 is 0 Å². The molecule has 0 spiro atoms. The third-order valence-electron chi connectivity index (χ3n) is 3.74. The molecule has 1 heterocycles. The van der Waals surface area contributed by atoms with Gasteiger partial charge in [-0.2, -0.15) is 0 Å². The minimum Gasteiger partial charge on any atom is -0.467 e. The van der Waals surface area contributed by atoms with Gasteiger partial charge in [-0.1, -0.05) is 32.0 Å². The highest BCUT2D eigenvalue weighted by Gasteiger charge is 2.23. The van der Waals surface area contributed by atoms with Crippen molar-refractivity contribution in [3.8, 4) is 0 Å². The number of rotatable bonds is 7. The fraction of sp³-hybridized carbons (Fsp3) is 0.368. The van der Waals surface area contributed by atoms with Crippen molar-refractivity contribution in [3.63, 3.8) is 0 Å². The summed E-state index contributed by atoms with van der Waals surface area (Å²) in [6, 6.07) is 10.3. The summed E-state index contributed by atoms with van der Waals surface area (Å²) in [5.74, 6) is 0.521. The first-order chi connectivity index (χ1) is 11.5. The van der Waals surface area contributed by atoms with Crippen molar-refractivity contribution in [1.82, 2.24) is 10.6 Å². The average molecular weight is 328 g/mol. The molecule has 1 aromatic carbocycles. The third kappa shape index (κ3) is 4.98. The zero-order valence-electron chi connectivity index (χ0n) is 14.3. The minimum absolute atomic E-state index is 0.206. The lowest BCUT2D eigenvalue weighted by atomic mass is 10.0. The Labute approximate surface area is 142 Å². The second kappa shape index (κ2) is 8.34. The number of aryl methyl sites for hydroxylation is 1. The van der Waals surface area contributed by atoms with E-state index in [2.05, 4.69) is 10.6 Å². The van der Waals surface area contributed by atoms with E-state index < -0.39 is 6.04 Å². The number of carbonyl (C=O) groups excluding carboxylic acids is 2. The minimum atomic E-state index is -0.577. The first-order valence-electron chi connectivity index (χ1n) is 8.14. The van der Waals surface area contributed by atoms with Gasteiger partial charge in [-0.3, -0.25) is 9.59 Å². The molecule has 2 aromatic rings. The van der Waals surface area contributed by atoms with E-state index in [0.29, 0.717) is 24.3 Å². The van der Waals surface area contributed by atoms with E-state index in [-0.39, 0.29) is 17.7 Å². The van der Waals surface area contributed by atoms with Gasteiger partial charge in [0.05, 0.1) is 12.8 Å². The fourth-order valence-electron chi connectivity index (χ4n) is 2.48. The normalized spacial score (nSPS) is 12.0. The molecule has 5 heteroatoms. The maximum atomic E-state index is 12.5. The van der Waals surface area contributed by atoms with E-state index in [1.807, 2.05) is 39.0 Å². The van der Waals surface area contributed by atoms with Crippen LogP contribution in [0.3, 0.4) is 0 Å². The van der Waals surface area contributed by atoms with Gasteiger partial charge in [-0.25, -0.2) is 0 Å². The van der Waals surface area contributed by atoms with Crippen LogP contribution in [0.1, 0.15) is 41.9 Å². The van der Waals surface area contributed by atoms with Crippen LogP contribution >= 0.6 is 0 Å². The van der Waals surface area contributed by atoms with Gasteiger partial charge in [0.15, 0.2) is 0 Å². The Morgan fingerprint density at radius 3 is 2.50 bits per heavy atom. The van der Waals surface area contributed by atoms with E-state index in [1.165, 1.54) is 0 Å². The summed E-state index contributed by atoms with van der Waals surface area (Å²) in [6.45, 7) is 6.23. The monoisotopic (exact) mass is 328 g/mol. The summed E-state index contributed by atoms with van der Waals surface area (Å²) in [6.07, 6.45) is 2.13.